The summed E-state index contributed by atoms with van der Waals surface area (Å²) in [5.41, 5.74) is 3.55. The molecular formula is C27H30ClN7O4. The van der Waals surface area contributed by atoms with Crippen LogP contribution in [0.15, 0.2) is 33.8 Å². The van der Waals surface area contributed by atoms with Crippen molar-refractivity contribution < 1.29 is 14.0 Å². The molecule has 0 unspecified atom stereocenters. The van der Waals surface area contributed by atoms with E-state index in [0.717, 1.165) is 41.6 Å². The predicted molar refractivity (Wildman–Crippen MR) is 145 cm³/mol. The topological polar surface area (TPSA) is 124 Å². The predicted octanol–water partition coefficient (Wildman–Crippen LogP) is 3.92. The molecule has 0 radical (unpaired) electrons. The third-order valence-corrected chi connectivity index (χ3v) is 8.47. The number of aromatic amines is 1. The third-order valence-electron chi connectivity index (χ3n) is 8.26. The number of aromatic nitrogens is 6. The number of rotatable bonds is 5. The number of fused-ring (bicyclic) bond motifs is 2. The minimum absolute atomic E-state index is 0.0213. The number of H-pyrrole nitrogens is 1. The molecule has 2 saturated heterocycles. The van der Waals surface area contributed by atoms with Gasteiger partial charge in [-0.25, -0.2) is 14.8 Å². The summed E-state index contributed by atoms with van der Waals surface area (Å²) in [4.78, 5) is 31.2. The van der Waals surface area contributed by atoms with Crippen molar-refractivity contribution in [3.8, 4) is 22.8 Å². The molecule has 3 fully saturated rings. The third kappa shape index (κ3) is 4.62. The number of hydrogen-bond acceptors (Lipinski definition) is 9. The molecule has 0 bridgehead atoms. The van der Waals surface area contributed by atoms with Crippen molar-refractivity contribution in [2.24, 2.45) is 11.8 Å². The van der Waals surface area contributed by atoms with Crippen LogP contribution in [-0.4, -0.2) is 68.2 Å². The lowest BCUT2D eigenvalue weighted by atomic mass is 9.83. The quantitative estimate of drug-likeness (QED) is 0.393. The SMILES string of the molecule is C[C@H]1CC[C@H](Cn2c(N3CCO[C@@H]4COC[C@H]43)nc3cc(-c4noc(=O)[nH]4)nc(-c4cncc(Cl)c4)c32)CC1. The molecule has 6 heterocycles. The highest BCUT2D eigenvalue weighted by atomic mass is 35.5. The average Bonchev–Trinajstić information content (AvgIpc) is 3.68. The van der Waals surface area contributed by atoms with Gasteiger partial charge in [-0.05, 0) is 36.8 Å². The van der Waals surface area contributed by atoms with Crippen molar-refractivity contribution in [1.82, 2.24) is 29.7 Å². The number of nitrogens with zero attached hydrogens (tertiary/aromatic N) is 6. The molecule has 0 amide bonds. The van der Waals surface area contributed by atoms with Crippen LogP contribution in [-0.2, 0) is 16.0 Å². The Morgan fingerprint density at radius 2 is 2.00 bits per heavy atom. The zero-order valence-electron chi connectivity index (χ0n) is 21.7. The van der Waals surface area contributed by atoms with Crippen LogP contribution in [0.1, 0.15) is 32.6 Å². The molecule has 2 atom stereocenters. The first-order valence-electron chi connectivity index (χ1n) is 13.6. The minimum atomic E-state index is -0.642. The Bertz CT molecular complexity index is 1560. The van der Waals surface area contributed by atoms with Crippen molar-refractivity contribution in [2.75, 3.05) is 31.3 Å². The maximum atomic E-state index is 11.8. The lowest BCUT2D eigenvalue weighted by Crippen LogP contribution is -2.51. The highest BCUT2D eigenvalue weighted by Gasteiger charge is 2.40. The lowest BCUT2D eigenvalue weighted by molar-refractivity contribution is 0.0217. The zero-order chi connectivity index (χ0) is 26.5. The van der Waals surface area contributed by atoms with E-state index in [-0.39, 0.29) is 18.0 Å². The second-order valence-electron chi connectivity index (χ2n) is 10.9. The maximum absolute atomic E-state index is 11.8. The van der Waals surface area contributed by atoms with Crippen molar-refractivity contribution >= 4 is 28.6 Å². The van der Waals surface area contributed by atoms with Gasteiger partial charge in [-0.2, -0.15) is 0 Å². The fourth-order valence-corrected chi connectivity index (χ4v) is 6.37. The summed E-state index contributed by atoms with van der Waals surface area (Å²) in [5.74, 6) is 1.78. The number of anilines is 1. The summed E-state index contributed by atoms with van der Waals surface area (Å²) in [6.45, 7) is 5.70. The summed E-state index contributed by atoms with van der Waals surface area (Å²) in [7, 11) is 0. The summed E-state index contributed by atoms with van der Waals surface area (Å²) in [5, 5.41) is 4.39. The normalized spacial score (nSPS) is 25.3. The van der Waals surface area contributed by atoms with Gasteiger partial charge in [0, 0.05) is 31.0 Å². The molecule has 0 spiro atoms. The summed E-state index contributed by atoms with van der Waals surface area (Å²) < 4.78 is 18.9. The van der Waals surface area contributed by atoms with Crippen molar-refractivity contribution in [3.05, 3.63) is 40.1 Å². The Kier molecular flexibility index (Phi) is 6.37. The standard InChI is InChI=1S/C27H30ClN7O4/c1-15-2-4-16(5-3-15)12-35-24-19(31-26(35)34-6-7-38-22-14-37-13-21(22)34)9-20(25-32-27(36)39-33-25)30-23(24)17-8-18(28)11-29-10-17/h8-11,15-16,21-22H,2-7,12-14H2,1H3,(H,32,33,36)/t15-,16-,21-,22-/m1/s1. The van der Waals surface area contributed by atoms with E-state index in [1.165, 1.54) is 25.7 Å². The first-order chi connectivity index (χ1) is 19.0. The average molecular weight is 552 g/mol. The van der Waals surface area contributed by atoms with Gasteiger partial charge >= 0.3 is 5.76 Å². The van der Waals surface area contributed by atoms with Crippen molar-refractivity contribution in [3.63, 3.8) is 0 Å². The number of imidazole rings is 1. The van der Waals surface area contributed by atoms with Crippen LogP contribution in [0.2, 0.25) is 5.02 Å². The fraction of sp³-hybridized carbons (Fsp3) is 0.519. The number of nitrogens with one attached hydrogen (secondary N) is 1. The molecule has 1 aliphatic carbocycles. The molecule has 204 valence electrons. The van der Waals surface area contributed by atoms with Gasteiger partial charge in [0.25, 0.3) is 0 Å². The van der Waals surface area contributed by atoms with Crippen LogP contribution >= 0.6 is 11.6 Å². The molecule has 12 heteroatoms. The van der Waals surface area contributed by atoms with Gasteiger partial charge in [-0.3, -0.25) is 14.5 Å². The van der Waals surface area contributed by atoms with Crippen LogP contribution in [0.25, 0.3) is 33.8 Å². The molecule has 2 aliphatic heterocycles. The van der Waals surface area contributed by atoms with Gasteiger partial charge < -0.3 is 18.9 Å². The van der Waals surface area contributed by atoms with Crippen LogP contribution in [0, 0.1) is 11.8 Å². The largest absolute Gasteiger partial charge is 0.439 e. The fourth-order valence-electron chi connectivity index (χ4n) is 6.20. The van der Waals surface area contributed by atoms with Gasteiger partial charge in [-0.1, -0.05) is 36.5 Å². The Hall–Kier alpha value is -3.28. The van der Waals surface area contributed by atoms with Gasteiger partial charge in [-0.15, -0.1) is 0 Å². The molecule has 11 nitrogen and oxygen atoms in total. The van der Waals surface area contributed by atoms with Crippen LogP contribution in [0.4, 0.5) is 5.95 Å². The van der Waals surface area contributed by atoms with Gasteiger partial charge in [0.2, 0.25) is 11.8 Å². The lowest BCUT2D eigenvalue weighted by Gasteiger charge is -2.37. The molecule has 7 rings (SSSR count). The van der Waals surface area contributed by atoms with Gasteiger partial charge in [0.05, 0.1) is 47.6 Å². The van der Waals surface area contributed by atoms with E-state index < -0.39 is 5.76 Å². The van der Waals surface area contributed by atoms with Gasteiger partial charge in [0.15, 0.2) is 0 Å². The van der Waals surface area contributed by atoms with E-state index >= 15 is 0 Å². The Morgan fingerprint density at radius 3 is 2.79 bits per heavy atom. The monoisotopic (exact) mass is 551 g/mol. The smallest absolute Gasteiger partial charge is 0.376 e. The summed E-state index contributed by atoms with van der Waals surface area (Å²) in [6, 6.07) is 3.80. The van der Waals surface area contributed by atoms with Gasteiger partial charge in [0.1, 0.15) is 11.8 Å². The van der Waals surface area contributed by atoms with Crippen LogP contribution < -0.4 is 10.7 Å². The van der Waals surface area contributed by atoms with E-state index in [1.54, 1.807) is 12.4 Å². The summed E-state index contributed by atoms with van der Waals surface area (Å²) in [6.07, 6.45) is 8.19. The number of ether oxygens (including phenoxy) is 2. The number of pyridine rings is 2. The molecule has 39 heavy (non-hydrogen) atoms. The Morgan fingerprint density at radius 1 is 1.13 bits per heavy atom. The van der Waals surface area contributed by atoms with Crippen LogP contribution in [0.5, 0.6) is 0 Å². The van der Waals surface area contributed by atoms with E-state index in [0.29, 0.717) is 42.1 Å². The molecule has 4 aromatic rings. The van der Waals surface area contributed by atoms with Crippen molar-refractivity contribution in [2.45, 2.75) is 51.3 Å². The van der Waals surface area contributed by atoms with E-state index in [2.05, 4.69) is 31.5 Å². The van der Waals surface area contributed by atoms with Crippen molar-refractivity contribution in [1.29, 1.82) is 0 Å². The number of hydrogen-bond donors (Lipinski definition) is 1. The minimum Gasteiger partial charge on any atom is -0.376 e. The Balaban J connectivity index is 1.44. The summed E-state index contributed by atoms with van der Waals surface area (Å²) >= 11 is 6.38. The van der Waals surface area contributed by atoms with E-state index in [4.69, 9.17) is 35.6 Å². The molecule has 4 aromatic heterocycles. The maximum Gasteiger partial charge on any atom is 0.439 e. The molecule has 1 saturated carbocycles. The van der Waals surface area contributed by atoms with E-state index in [1.807, 2.05) is 12.1 Å². The number of morpholine rings is 1. The highest BCUT2D eigenvalue weighted by Crippen LogP contribution is 2.38. The molecule has 3 aliphatic rings. The first-order valence-corrected chi connectivity index (χ1v) is 14.0. The Labute approximate surface area is 229 Å². The van der Waals surface area contributed by atoms with Crippen LogP contribution in [0.3, 0.4) is 0 Å². The van der Waals surface area contributed by atoms with E-state index in [9.17, 15) is 4.79 Å². The number of halogens is 1. The highest BCUT2D eigenvalue weighted by molar-refractivity contribution is 6.30. The second kappa shape index (κ2) is 10.0. The molecule has 0 aromatic carbocycles. The molecule has 1 N–H and O–H groups in total. The zero-order valence-corrected chi connectivity index (χ0v) is 22.4. The first kappa shape index (κ1) is 24.7. The molecular weight excluding hydrogens is 522 g/mol. The second-order valence-corrected chi connectivity index (χ2v) is 11.4.